The van der Waals surface area contributed by atoms with Crippen LogP contribution in [0.3, 0.4) is 0 Å². The minimum absolute atomic E-state index is 0.830. The van der Waals surface area contributed by atoms with Gasteiger partial charge in [0.25, 0.3) is 0 Å². The summed E-state index contributed by atoms with van der Waals surface area (Å²) in [4.78, 5) is 4.10. The maximum Gasteiger partial charge on any atom is 0.0360 e. The topological polar surface area (TPSA) is 12.4 Å². The lowest BCUT2D eigenvalue weighted by Gasteiger charge is -2.00. The molecule has 1 heteroatoms. The molecular formula is C16H23N. The molecular weight excluding hydrogens is 206 g/mol. The third-order valence-corrected chi connectivity index (χ3v) is 2.31. The first kappa shape index (κ1) is 15.4. The molecule has 0 bridgehead atoms. The summed E-state index contributed by atoms with van der Waals surface area (Å²) in [6.07, 6.45) is 16.8. The van der Waals surface area contributed by atoms with Crippen molar-refractivity contribution < 1.29 is 0 Å². The van der Waals surface area contributed by atoms with Crippen LogP contribution < -0.4 is 0 Å². The highest BCUT2D eigenvalue weighted by molar-refractivity contribution is 5.71. The van der Waals surface area contributed by atoms with Crippen LogP contribution in [0, 0.1) is 0 Å². The molecule has 0 saturated carbocycles. The highest BCUT2D eigenvalue weighted by atomic mass is 14.7. The van der Waals surface area contributed by atoms with Crippen molar-refractivity contribution in [1.82, 2.24) is 0 Å². The molecule has 92 valence electrons. The van der Waals surface area contributed by atoms with Gasteiger partial charge in [0.2, 0.25) is 0 Å². The highest BCUT2D eigenvalue weighted by Gasteiger charge is 1.91. The summed E-state index contributed by atoms with van der Waals surface area (Å²) in [6, 6.07) is 0. The highest BCUT2D eigenvalue weighted by Crippen LogP contribution is 2.11. The molecule has 0 aromatic heterocycles. The van der Waals surface area contributed by atoms with E-state index in [4.69, 9.17) is 0 Å². The van der Waals surface area contributed by atoms with Gasteiger partial charge in [0, 0.05) is 12.8 Å². The summed E-state index contributed by atoms with van der Waals surface area (Å²) in [6.45, 7) is 10.8. The van der Waals surface area contributed by atoms with Gasteiger partial charge in [-0.15, -0.1) is 0 Å². The zero-order valence-corrected chi connectivity index (χ0v) is 11.2. The van der Waals surface area contributed by atoms with Crippen LogP contribution in [0.15, 0.2) is 65.2 Å². The van der Waals surface area contributed by atoms with Crippen molar-refractivity contribution in [2.45, 2.75) is 27.2 Å². The van der Waals surface area contributed by atoms with Gasteiger partial charge in [-0.05, 0) is 31.9 Å². The van der Waals surface area contributed by atoms with Crippen LogP contribution in [-0.4, -0.2) is 12.8 Å². The molecule has 0 aliphatic heterocycles. The van der Waals surface area contributed by atoms with Crippen molar-refractivity contribution in [3.8, 4) is 0 Å². The standard InChI is InChI=1S/C16H23N/c1-5-8-12-16(15(4)6-2)13-10-9-11-14-17-7-3/h5,8-14H,1,6-7H2,2-4H3/b11-9+,12-8-,13-10-,16-15+,17-14?. The molecule has 0 saturated heterocycles. The molecule has 0 amide bonds. The summed E-state index contributed by atoms with van der Waals surface area (Å²) in [5.41, 5.74) is 2.61. The lowest BCUT2D eigenvalue weighted by Crippen LogP contribution is -1.80. The average Bonchev–Trinajstić information content (AvgIpc) is 2.36. The summed E-state index contributed by atoms with van der Waals surface area (Å²) in [5, 5.41) is 0. The molecule has 0 aliphatic rings. The van der Waals surface area contributed by atoms with Crippen LogP contribution in [-0.2, 0) is 0 Å². The second-order valence-corrected chi connectivity index (χ2v) is 3.58. The largest absolute Gasteiger partial charge is 0.293 e. The van der Waals surface area contributed by atoms with Crippen LogP contribution >= 0.6 is 0 Å². The van der Waals surface area contributed by atoms with E-state index in [1.54, 1.807) is 6.08 Å². The Morgan fingerprint density at radius 2 is 1.76 bits per heavy atom. The summed E-state index contributed by atoms with van der Waals surface area (Å²) < 4.78 is 0. The molecule has 0 rings (SSSR count). The van der Waals surface area contributed by atoms with Gasteiger partial charge in [-0.1, -0.05) is 55.5 Å². The Balaban J connectivity index is 4.60. The van der Waals surface area contributed by atoms with Gasteiger partial charge in [0.1, 0.15) is 0 Å². The van der Waals surface area contributed by atoms with Crippen molar-refractivity contribution >= 4 is 6.21 Å². The summed E-state index contributed by atoms with van der Waals surface area (Å²) in [7, 11) is 0. The number of allylic oxidation sites excluding steroid dienone is 9. The van der Waals surface area contributed by atoms with Crippen molar-refractivity contribution in [2.75, 3.05) is 6.54 Å². The van der Waals surface area contributed by atoms with Gasteiger partial charge in [-0.2, -0.15) is 0 Å². The molecule has 0 heterocycles. The van der Waals surface area contributed by atoms with Gasteiger partial charge in [-0.25, -0.2) is 0 Å². The van der Waals surface area contributed by atoms with Crippen molar-refractivity contribution in [3.05, 3.63) is 60.3 Å². The van der Waals surface area contributed by atoms with E-state index in [1.807, 2.05) is 37.4 Å². The van der Waals surface area contributed by atoms with E-state index in [0.29, 0.717) is 0 Å². The fraction of sp³-hybridized carbons (Fsp3) is 0.312. The van der Waals surface area contributed by atoms with Crippen LogP contribution in [0.2, 0.25) is 0 Å². The Morgan fingerprint density at radius 1 is 1.06 bits per heavy atom. The molecule has 0 fully saturated rings. The minimum atomic E-state index is 0.830. The molecule has 0 unspecified atom stereocenters. The smallest absolute Gasteiger partial charge is 0.0360 e. The van der Waals surface area contributed by atoms with Crippen LogP contribution in [0.1, 0.15) is 27.2 Å². The fourth-order valence-electron chi connectivity index (χ4n) is 1.16. The Bertz CT molecular complexity index is 352. The van der Waals surface area contributed by atoms with Gasteiger partial charge in [-0.3, -0.25) is 4.99 Å². The average molecular weight is 229 g/mol. The fourth-order valence-corrected chi connectivity index (χ4v) is 1.16. The maximum atomic E-state index is 4.10. The normalized spacial score (nSPS) is 14.3. The SMILES string of the molecule is C=C\C=C/C(/C=C\C=C\C=NCC)=C(/C)CC. The first-order valence-electron chi connectivity index (χ1n) is 6.08. The Labute approximate surface area is 106 Å². The van der Waals surface area contributed by atoms with Gasteiger partial charge in [0.05, 0.1) is 0 Å². The molecule has 0 N–H and O–H groups in total. The van der Waals surface area contributed by atoms with E-state index in [0.717, 1.165) is 13.0 Å². The minimum Gasteiger partial charge on any atom is -0.293 e. The van der Waals surface area contributed by atoms with Crippen LogP contribution in [0.5, 0.6) is 0 Å². The third kappa shape index (κ3) is 8.21. The predicted octanol–water partition coefficient (Wildman–Crippen LogP) is 4.66. The van der Waals surface area contributed by atoms with E-state index in [-0.39, 0.29) is 0 Å². The molecule has 0 aromatic carbocycles. The first-order valence-corrected chi connectivity index (χ1v) is 6.08. The summed E-state index contributed by atoms with van der Waals surface area (Å²) >= 11 is 0. The van der Waals surface area contributed by atoms with E-state index in [9.17, 15) is 0 Å². The number of aliphatic imine (C=N–C) groups is 1. The molecule has 1 nitrogen and oxygen atoms in total. The second-order valence-electron chi connectivity index (χ2n) is 3.58. The lowest BCUT2D eigenvalue weighted by molar-refractivity contribution is 1.08. The van der Waals surface area contributed by atoms with Crippen molar-refractivity contribution in [1.29, 1.82) is 0 Å². The number of rotatable bonds is 7. The number of hydrogen-bond donors (Lipinski definition) is 0. The monoisotopic (exact) mass is 229 g/mol. The van der Waals surface area contributed by atoms with Crippen molar-refractivity contribution in [3.63, 3.8) is 0 Å². The van der Waals surface area contributed by atoms with Gasteiger partial charge < -0.3 is 0 Å². The van der Waals surface area contributed by atoms with Crippen LogP contribution in [0.25, 0.3) is 0 Å². The van der Waals surface area contributed by atoms with E-state index in [2.05, 4.69) is 37.6 Å². The Kier molecular flexibility index (Phi) is 9.83. The molecule has 0 aromatic rings. The molecule has 0 spiro atoms. The van der Waals surface area contributed by atoms with Gasteiger partial charge in [0.15, 0.2) is 0 Å². The van der Waals surface area contributed by atoms with Gasteiger partial charge >= 0.3 is 0 Å². The molecule has 0 aliphatic carbocycles. The number of nitrogens with zero attached hydrogens (tertiary/aromatic N) is 1. The number of hydrogen-bond acceptors (Lipinski definition) is 1. The Hall–Kier alpha value is -1.63. The van der Waals surface area contributed by atoms with E-state index < -0.39 is 0 Å². The zero-order valence-electron chi connectivity index (χ0n) is 11.2. The molecule has 0 radical (unpaired) electrons. The maximum absolute atomic E-state index is 4.10. The third-order valence-electron chi connectivity index (χ3n) is 2.31. The Morgan fingerprint density at radius 3 is 2.35 bits per heavy atom. The molecule has 0 atom stereocenters. The quantitative estimate of drug-likeness (QED) is 0.445. The second kappa shape index (κ2) is 10.9. The summed E-state index contributed by atoms with van der Waals surface area (Å²) in [5.74, 6) is 0. The zero-order chi connectivity index (χ0) is 12.9. The van der Waals surface area contributed by atoms with Crippen LogP contribution in [0.4, 0.5) is 0 Å². The van der Waals surface area contributed by atoms with Crippen molar-refractivity contribution in [2.24, 2.45) is 4.99 Å². The predicted molar refractivity (Wildman–Crippen MR) is 79.6 cm³/mol. The van der Waals surface area contributed by atoms with E-state index in [1.165, 1.54) is 11.1 Å². The van der Waals surface area contributed by atoms with E-state index >= 15 is 0 Å². The lowest BCUT2D eigenvalue weighted by atomic mass is 10.1. The first-order chi connectivity index (χ1) is 8.26. The molecule has 17 heavy (non-hydrogen) atoms.